The Bertz CT molecular complexity index is 561. The lowest BCUT2D eigenvalue weighted by Gasteiger charge is -2.20. The summed E-state index contributed by atoms with van der Waals surface area (Å²) in [5.74, 6) is 1.11. The lowest BCUT2D eigenvalue weighted by atomic mass is 10.1. The standard InChI is InChI=1S/C14H20N4/c1-14(2,3)16-9-12-17-11-5-4-8-15-13(11)18(12)10-6-7-10/h4-5,8,10,16H,6-7,9H2,1-3H3. The molecule has 0 amide bonds. The average Bonchev–Trinajstić information content (AvgIpc) is 3.06. The van der Waals surface area contributed by atoms with E-state index < -0.39 is 0 Å². The Morgan fingerprint density at radius 1 is 1.39 bits per heavy atom. The fourth-order valence-electron chi connectivity index (χ4n) is 2.16. The monoisotopic (exact) mass is 244 g/mol. The van der Waals surface area contributed by atoms with Crippen LogP contribution in [-0.4, -0.2) is 20.1 Å². The second-order valence-corrected chi connectivity index (χ2v) is 6.08. The zero-order chi connectivity index (χ0) is 12.8. The fourth-order valence-corrected chi connectivity index (χ4v) is 2.16. The normalized spacial score (nSPS) is 16.4. The maximum atomic E-state index is 4.71. The number of fused-ring (bicyclic) bond motifs is 1. The van der Waals surface area contributed by atoms with E-state index in [2.05, 4.69) is 35.6 Å². The molecule has 18 heavy (non-hydrogen) atoms. The number of nitrogens with zero attached hydrogens (tertiary/aromatic N) is 3. The molecule has 1 N–H and O–H groups in total. The van der Waals surface area contributed by atoms with E-state index in [9.17, 15) is 0 Å². The molecule has 0 aliphatic heterocycles. The Hall–Kier alpha value is -1.42. The van der Waals surface area contributed by atoms with Crippen molar-refractivity contribution in [3.8, 4) is 0 Å². The molecule has 0 atom stereocenters. The largest absolute Gasteiger partial charge is 0.309 e. The zero-order valence-electron chi connectivity index (χ0n) is 11.3. The predicted molar refractivity (Wildman–Crippen MR) is 72.4 cm³/mol. The van der Waals surface area contributed by atoms with Crippen LogP contribution in [0.5, 0.6) is 0 Å². The number of aromatic nitrogens is 3. The van der Waals surface area contributed by atoms with Gasteiger partial charge in [0.1, 0.15) is 11.3 Å². The Balaban J connectivity index is 1.97. The van der Waals surface area contributed by atoms with Gasteiger partial charge in [0.25, 0.3) is 0 Å². The lowest BCUT2D eigenvalue weighted by Crippen LogP contribution is -2.35. The molecule has 4 nitrogen and oxygen atoms in total. The summed E-state index contributed by atoms with van der Waals surface area (Å²) in [5, 5.41) is 3.51. The SMILES string of the molecule is CC(C)(C)NCc1nc2cccnc2n1C1CC1. The molecule has 1 saturated carbocycles. The third-order valence-corrected chi connectivity index (χ3v) is 3.21. The molecular formula is C14H20N4. The van der Waals surface area contributed by atoms with Gasteiger partial charge in [-0.25, -0.2) is 9.97 Å². The first kappa shape index (κ1) is 11.7. The highest BCUT2D eigenvalue weighted by atomic mass is 15.2. The molecule has 0 aromatic carbocycles. The minimum Gasteiger partial charge on any atom is -0.309 e. The van der Waals surface area contributed by atoms with E-state index >= 15 is 0 Å². The minimum atomic E-state index is 0.111. The molecule has 2 aromatic heterocycles. The van der Waals surface area contributed by atoms with Crippen LogP contribution in [-0.2, 0) is 6.54 Å². The molecule has 1 fully saturated rings. The van der Waals surface area contributed by atoms with Crippen LogP contribution in [0.25, 0.3) is 11.2 Å². The van der Waals surface area contributed by atoms with Crippen molar-refractivity contribution in [2.75, 3.05) is 0 Å². The van der Waals surface area contributed by atoms with Crippen molar-refractivity contribution in [3.05, 3.63) is 24.2 Å². The Labute approximate surface area is 107 Å². The van der Waals surface area contributed by atoms with Gasteiger partial charge in [-0.2, -0.15) is 0 Å². The van der Waals surface area contributed by atoms with Crippen LogP contribution < -0.4 is 5.32 Å². The summed E-state index contributed by atoms with van der Waals surface area (Å²) in [6.07, 6.45) is 4.36. The highest BCUT2D eigenvalue weighted by molar-refractivity contribution is 5.71. The maximum Gasteiger partial charge on any atom is 0.160 e. The molecule has 96 valence electrons. The van der Waals surface area contributed by atoms with Gasteiger partial charge in [0.05, 0.1) is 6.54 Å². The highest BCUT2D eigenvalue weighted by Crippen LogP contribution is 2.38. The number of nitrogens with one attached hydrogen (secondary N) is 1. The molecule has 0 radical (unpaired) electrons. The van der Waals surface area contributed by atoms with Crippen molar-refractivity contribution in [1.29, 1.82) is 0 Å². The fraction of sp³-hybridized carbons (Fsp3) is 0.571. The van der Waals surface area contributed by atoms with Crippen molar-refractivity contribution in [2.24, 2.45) is 0 Å². The maximum absolute atomic E-state index is 4.71. The van der Waals surface area contributed by atoms with Crippen LogP contribution in [0.4, 0.5) is 0 Å². The molecular weight excluding hydrogens is 224 g/mol. The predicted octanol–water partition coefficient (Wildman–Crippen LogP) is 2.65. The molecule has 0 saturated heterocycles. The zero-order valence-corrected chi connectivity index (χ0v) is 11.3. The van der Waals surface area contributed by atoms with Gasteiger partial charge in [0.2, 0.25) is 0 Å². The van der Waals surface area contributed by atoms with Gasteiger partial charge in [-0.05, 0) is 45.7 Å². The summed E-state index contributed by atoms with van der Waals surface area (Å²) in [6, 6.07) is 4.61. The number of hydrogen-bond donors (Lipinski definition) is 1. The molecule has 1 aliphatic rings. The quantitative estimate of drug-likeness (QED) is 0.902. The van der Waals surface area contributed by atoms with Crippen molar-refractivity contribution in [2.45, 2.75) is 51.7 Å². The molecule has 0 bridgehead atoms. The Morgan fingerprint density at radius 2 is 2.17 bits per heavy atom. The van der Waals surface area contributed by atoms with E-state index in [1.54, 1.807) is 0 Å². The number of imidazole rings is 1. The number of hydrogen-bond acceptors (Lipinski definition) is 3. The van der Waals surface area contributed by atoms with Crippen molar-refractivity contribution in [1.82, 2.24) is 19.9 Å². The summed E-state index contributed by atoms with van der Waals surface area (Å²) in [5.41, 5.74) is 2.15. The van der Waals surface area contributed by atoms with Gasteiger partial charge in [-0.3, -0.25) is 0 Å². The van der Waals surface area contributed by atoms with Gasteiger partial charge in [-0.15, -0.1) is 0 Å². The second kappa shape index (κ2) is 4.05. The van der Waals surface area contributed by atoms with Crippen molar-refractivity contribution >= 4 is 11.2 Å². The molecule has 0 spiro atoms. The lowest BCUT2D eigenvalue weighted by molar-refractivity contribution is 0.412. The van der Waals surface area contributed by atoms with Gasteiger partial charge in [0.15, 0.2) is 5.65 Å². The molecule has 3 rings (SSSR count). The van der Waals surface area contributed by atoms with Gasteiger partial charge < -0.3 is 9.88 Å². The van der Waals surface area contributed by atoms with E-state index in [0.29, 0.717) is 6.04 Å². The third kappa shape index (κ3) is 2.25. The molecule has 2 heterocycles. The first-order valence-corrected chi connectivity index (χ1v) is 6.61. The van der Waals surface area contributed by atoms with Gasteiger partial charge in [-0.1, -0.05) is 0 Å². The summed E-state index contributed by atoms with van der Waals surface area (Å²) in [4.78, 5) is 9.20. The number of rotatable bonds is 3. The first-order chi connectivity index (χ1) is 8.54. The molecule has 1 aliphatic carbocycles. The number of pyridine rings is 1. The summed E-state index contributed by atoms with van der Waals surface area (Å²) in [6.45, 7) is 7.33. The molecule has 2 aromatic rings. The molecule has 0 unspecified atom stereocenters. The van der Waals surface area contributed by atoms with Crippen molar-refractivity contribution < 1.29 is 0 Å². The third-order valence-electron chi connectivity index (χ3n) is 3.21. The smallest absolute Gasteiger partial charge is 0.160 e. The minimum absolute atomic E-state index is 0.111. The van der Waals surface area contributed by atoms with E-state index in [4.69, 9.17) is 4.98 Å². The molecule has 4 heteroatoms. The highest BCUT2D eigenvalue weighted by Gasteiger charge is 2.28. The Kier molecular flexibility index (Phi) is 2.63. The van der Waals surface area contributed by atoms with Crippen LogP contribution in [0.2, 0.25) is 0 Å². The second-order valence-electron chi connectivity index (χ2n) is 6.08. The van der Waals surface area contributed by atoms with Crippen LogP contribution in [0, 0.1) is 0 Å². The summed E-state index contributed by atoms with van der Waals surface area (Å²) in [7, 11) is 0. The van der Waals surface area contributed by atoms with E-state index in [0.717, 1.165) is 23.5 Å². The summed E-state index contributed by atoms with van der Waals surface area (Å²) >= 11 is 0. The van der Waals surface area contributed by atoms with Crippen LogP contribution in [0.1, 0.15) is 45.5 Å². The van der Waals surface area contributed by atoms with Crippen LogP contribution in [0.3, 0.4) is 0 Å². The first-order valence-electron chi connectivity index (χ1n) is 6.61. The van der Waals surface area contributed by atoms with Crippen LogP contribution in [0.15, 0.2) is 18.3 Å². The topological polar surface area (TPSA) is 42.7 Å². The summed E-state index contributed by atoms with van der Waals surface area (Å²) < 4.78 is 2.31. The van der Waals surface area contributed by atoms with Crippen molar-refractivity contribution in [3.63, 3.8) is 0 Å². The van der Waals surface area contributed by atoms with Gasteiger partial charge >= 0.3 is 0 Å². The van der Waals surface area contributed by atoms with E-state index in [1.165, 1.54) is 12.8 Å². The van der Waals surface area contributed by atoms with Crippen LogP contribution >= 0.6 is 0 Å². The average molecular weight is 244 g/mol. The van der Waals surface area contributed by atoms with E-state index in [-0.39, 0.29) is 5.54 Å². The van der Waals surface area contributed by atoms with Gasteiger partial charge in [0, 0.05) is 17.8 Å². The van der Waals surface area contributed by atoms with E-state index in [1.807, 2.05) is 18.3 Å². The Morgan fingerprint density at radius 3 is 2.83 bits per heavy atom.